The number of rotatable bonds is 4. The molecule has 0 spiro atoms. The Morgan fingerprint density at radius 1 is 1.43 bits per heavy atom. The molecule has 0 saturated carbocycles. The molecule has 1 heterocycles. The lowest BCUT2D eigenvalue weighted by Gasteiger charge is -2.33. The van der Waals surface area contributed by atoms with E-state index in [2.05, 4.69) is 0 Å². The SMILES string of the molecule is CC(Sc1cc(Cl)ccc1Cl)C(=O)N1CCC(CN)CC1. The number of nitrogens with two attached hydrogens (primary N) is 1. The molecule has 0 bridgehead atoms. The molecule has 2 rings (SSSR count). The molecule has 1 aliphatic rings. The van der Waals surface area contributed by atoms with Gasteiger partial charge >= 0.3 is 0 Å². The summed E-state index contributed by atoms with van der Waals surface area (Å²) < 4.78 is 0. The molecule has 1 amide bonds. The van der Waals surface area contributed by atoms with Crippen LogP contribution in [0.25, 0.3) is 0 Å². The predicted octanol–water partition coefficient (Wildman–Crippen LogP) is 3.67. The van der Waals surface area contributed by atoms with Gasteiger partial charge in [0.05, 0.1) is 10.3 Å². The molecule has 1 aromatic rings. The average molecular weight is 347 g/mol. The monoisotopic (exact) mass is 346 g/mol. The first-order valence-electron chi connectivity index (χ1n) is 7.12. The third kappa shape index (κ3) is 4.52. The highest BCUT2D eigenvalue weighted by Crippen LogP contribution is 2.33. The number of piperidine rings is 1. The van der Waals surface area contributed by atoms with Gasteiger partial charge < -0.3 is 10.6 Å². The minimum atomic E-state index is -0.171. The van der Waals surface area contributed by atoms with Crippen LogP contribution in [0.2, 0.25) is 10.0 Å². The van der Waals surface area contributed by atoms with Gasteiger partial charge in [-0.2, -0.15) is 0 Å². The lowest BCUT2D eigenvalue weighted by molar-refractivity contribution is -0.131. The van der Waals surface area contributed by atoms with Gasteiger partial charge in [0.1, 0.15) is 0 Å². The minimum Gasteiger partial charge on any atom is -0.342 e. The Kier molecular flexibility index (Phi) is 6.23. The smallest absolute Gasteiger partial charge is 0.235 e. The molecular weight excluding hydrogens is 327 g/mol. The summed E-state index contributed by atoms with van der Waals surface area (Å²) in [5.41, 5.74) is 5.68. The summed E-state index contributed by atoms with van der Waals surface area (Å²) in [4.78, 5) is 15.3. The summed E-state index contributed by atoms with van der Waals surface area (Å²) in [7, 11) is 0. The number of thioether (sulfide) groups is 1. The van der Waals surface area contributed by atoms with Gasteiger partial charge in [-0.25, -0.2) is 0 Å². The number of carbonyl (C=O) groups is 1. The largest absolute Gasteiger partial charge is 0.342 e. The molecule has 0 aliphatic carbocycles. The van der Waals surface area contributed by atoms with E-state index in [0.29, 0.717) is 22.5 Å². The van der Waals surface area contributed by atoms with E-state index in [-0.39, 0.29) is 11.2 Å². The summed E-state index contributed by atoms with van der Waals surface area (Å²) in [6.45, 7) is 4.23. The van der Waals surface area contributed by atoms with Gasteiger partial charge in [0.25, 0.3) is 0 Å². The van der Waals surface area contributed by atoms with Gasteiger partial charge in [0.15, 0.2) is 0 Å². The van der Waals surface area contributed by atoms with Gasteiger partial charge in [-0.1, -0.05) is 23.2 Å². The molecule has 1 fully saturated rings. The third-order valence-electron chi connectivity index (χ3n) is 3.80. The fraction of sp³-hybridized carbons (Fsp3) is 0.533. The van der Waals surface area contributed by atoms with Crippen LogP contribution in [0.5, 0.6) is 0 Å². The second-order valence-electron chi connectivity index (χ2n) is 5.34. The predicted molar refractivity (Wildman–Crippen MR) is 90.1 cm³/mol. The summed E-state index contributed by atoms with van der Waals surface area (Å²) in [5.74, 6) is 0.714. The summed E-state index contributed by atoms with van der Waals surface area (Å²) in [6.07, 6.45) is 2.00. The summed E-state index contributed by atoms with van der Waals surface area (Å²) in [6, 6.07) is 5.31. The fourth-order valence-corrected chi connectivity index (χ4v) is 3.95. The van der Waals surface area contributed by atoms with Crippen LogP contribution in [0.1, 0.15) is 19.8 Å². The Hall–Kier alpha value is -0.420. The van der Waals surface area contributed by atoms with Crippen molar-refractivity contribution in [2.75, 3.05) is 19.6 Å². The maximum absolute atomic E-state index is 12.5. The molecular formula is C15H20Cl2N2OS. The van der Waals surface area contributed by atoms with Crippen LogP contribution < -0.4 is 5.73 Å². The first kappa shape index (κ1) is 16.9. The summed E-state index contributed by atoms with van der Waals surface area (Å²) in [5, 5.41) is 1.09. The van der Waals surface area contributed by atoms with E-state index in [4.69, 9.17) is 28.9 Å². The van der Waals surface area contributed by atoms with E-state index < -0.39 is 0 Å². The van der Waals surface area contributed by atoms with Crippen molar-refractivity contribution in [1.29, 1.82) is 0 Å². The molecule has 6 heteroatoms. The van der Waals surface area contributed by atoms with Crippen molar-refractivity contribution in [3.05, 3.63) is 28.2 Å². The molecule has 3 nitrogen and oxygen atoms in total. The minimum absolute atomic E-state index is 0.159. The number of amides is 1. The van der Waals surface area contributed by atoms with Crippen LogP contribution in [0, 0.1) is 5.92 Å². The van der Waals surface area contributed by atoms with Crippen molar-refractivity contribution in [3.8, 4) is 0 Å². The average Bonchev–Trinajstić information content (AvgIpc) is 2.50. The van der Waals surface area contributed by atoms with Crippen molar-refractivity contribution < 1.29 is 4.79 Å². The van der Waals surface area contributed by atoms with Crippen molar-refractivity contribution in [1.82, 2.24) is 4.90 Å². The van der Waals surface area contributed by atoms with E-state index >= 15 is 0 Å². The number of nitrogens with zero attached hydrogens (tertiary/aromatic N) is 1. The first-order chi connectivity index (χ1) is 10.0. The Morgan fingerprint density at radius 3 is 2.71 bits per heavy atom. The Morgan fingerprint density at radius 2 is 2.10 bits per heavy atom. The molecule has 21 heavy (non-hydrogen) atoms. The number of halogens is 2. The normalized spacial score (nSPS) is 17.8. The third-order valence-corrected chi connectivity index (χ3v) is 5.63. The Labute approximate surface area is 140 Å². The molecule has 1 saturated heterocycles. The molecule has 1 aliphatic heterocycles. The lowest BCUT2D eigenvalue weighted by atomic mass is 9.97. The zero-order valence-electron chi connectivity index (χ0n) is 12.0. The van der Waals surface area contributed by atoms with E-state index in [9.17, 15) is 4.79 Å². The van der Waals surface area contributed by atoms with Crippen molar-refractivity contribution >= 4 is 40.9 Å². The van der Waals surface area contributed by atoms with E-state index in [1.807, 2.05) is 11.8 Å². The van der Waals surface area contributed by atoms with Crippen LogP contribution in [0.15, 0.2) is 23.1 Å². The van der Waals surface area contributed by atoms with Gasteiger partial charge in [0.2, 0.25) is 5.91 Å². The van der Waals surface area contributed by atoms with E-state index in [0.717, 1.165) is 30.8 Å². The number of carbonyl (C=O) groups excluding carboxylic acids is 1. The zero-order chi connectivity index (χ0) is 15.4. The van der Waals surface area contributed by atoms with Crippen LogP contribution in [-0.2, 0) is 4.79 Å². The number of likely N-dealkylation sites (tertiary alicyclic amines) is 1. The standard InChI is InChI=1S/C15H20Cl2N2OS/c1-10(21-14-8-12(16)2-3-13(14)17)15(20)19-6-4-11(9-18)5-7-19/h2-3,8,10-11H,4-7,9,18H2,1H3. The highest BCUT2D eigenvalue weighted by atomic mass is 35.5. The lowest BCUT2D eigenvalue weighted by Crippen LogP contribution is -2.43. The van der Waals surface area contributed by atoms with Gasteiger partial charge in [-0.3, -0.25) is 4.79 Å². The Bertz CT molecular complexity index is 504. The maximum atomic E-state index is 12.5. The molecule has 0 radical (unpaired) electrons. The maximum Gasteiger partial charge on any atom is 0.235 e. The van der Waals surface area contributed by atoms with Crippen LogP contribution in [0.4, 0.5) is 0 Å². The summed E-state index contributed by atoms with van der Waals surface area (Å²) >= 11 is 13.6. The number of hydrogen-bond donors (Lipinski definition) is 1. The highest BCUT2D eigenvalue weighted by molar-refractivity contribution is 8.00. The number of benzene rings is 1. The molecule has 2 N–H and O–H groups in total. The zero-order valence-corrected chi connectivity index (χ0v) is 14.3. The van der Waals surface area contributed by atoms with Crippen molar-refractivity contribution in [2.24, 2.45) is 11.7 Å². The van der Waals surface area contributed by atoms with Crippen LogP contribution >= 0.6 is 35.0 Å². The molecule has 0 aromatic heterocycles. The van der Waals surface area contributed by atoms with E-state index in [1.54, 1.807) is 18.2 Å². The van der Waals surface area contributed by atoms with Crippen LogP contribution in [0.3, 0.4) is 0 Å². The molecule has 1 aromatic carbocycles. The van der Waals surface area contributed by atoms with Gasteiger partial charge in [0, 0.05) is 23.0 Å². The fourth-order valence-electron chi connectivity index (χ4n) is 2.45. The van der Waals surface area contributed by atoms with Gasteiger partial charge in [-0.05, 0) is 50.4 Å². The number of hydrogen-bond acceptors (Lipinski definition) is 3. The van der Waals surface area contributed by atoms with Gasteiger partial charge in [-0.15, -0.1) is 11.8 Å². The molecule has 116 valence electrons. The van der Waals surface area contributed by atoms with Crippen LogP contribution in [-0.4, -0.2) is 35.7 Å². The van der Waals surface area contributed by atoms with Crippen molar-refractivity contribution in [2.45, 2.75) is 29.9 Å². The Balaban J connectivity index is 1.95. The highest BCUT2D eigenvalue weighted by Gasteiger charge is 2.26. The molecule has 1 atom stereocenters. The van der Waals surface area contributed by atoms with Crippen molar-refractivity contribution in [3.63, 3.8) is 0 Å². The second-order valence-corrected chi connectivity index (χ2v) is 7.57. The van der Waals surface area contributed by atoms with E-state index in [1.165, 1.54) is 11.8 Å². The quantitative estimate of drug-likeness (QED) is 0.846. The second kappa shape index (κ2) is 7.73. The first-order valence-corrected chi connectivity index (χ1v) is 8.75. The molecule has 1 unspecified atom stereocenters. The topological polar surface area (TPSA) is 46.3 Å².